The van der Waals surface area contributed by atoms with Crippen LogP contribution in [-0.4, -0.2) is 43.1 Å². The summed E-state index contributed by atoms with van der Waals surface area (Å²) in [5, 5.41) is 0. The first kappa shape index (κ1) is 28.6. The molecule has 37 heavy (non-hydrogen) atoms. The number of hydrogen-bond acceptors (Lipinski definition) is 6. The normalized spacial score (nSPS) is 12.2. The minimum atomic E-state index is -5.09. The Kier molecular flexibility index (Phi) is 8.67. The number of carbonyl (C=O) groups is 1. The van der Waals surface area contributed by atoms with Crippen LogP contribution < -0.4 is 9.62 Å². The second-order valence-electron chi connectivity index (χ2n) is 7.47. The van der Waals surface area contributed by atoms with Gasteiger partial charge in [-0.25, -0.2) is 26.4 Å². The zero-order valence-electron chi connectivity index (χ0n) is 19.1. The van der Waals surface area contributed by atoms with E-state index in [1.807, 2.05) is 4.72 Å². The molecule has 0 fully saturated rings. The van der Waals surface area contributed by atoms with E-state index in [4.69, 9.17) is 4.74 Å². The van der Waals surface area contributed by atoms with E-state index < -0.39 is 54.0 Å². The second-order valence-corrected chi connectivity index (χ2v) is 12.1. The molecule has 8 nitrogen and oxygen atoms in total. The zero-order valence-corrected chi connectivity index (χ0v) is 22.3. The molecule has 0 heterocycles. The molecule has 1 N–H and O–H groups in total. The molecule has 14 heteroatoms. The van der Waals surface area contributed by atoms with Gasteiger partial charge in [-0.15, -0.1) is 0 Å². The topological polar surface area (TPSA) is 110 Å². The first-order chi connectivity index (χ1) is 17.3. The van der Waals surface area contributed by atoms with Crippen molar-refractivity contribution in [2.75, 3.05) is 25.1 Å². The predicted octanol–water partition coefficient (Wildman–Crippen LogP) is 4.85. The van der Waals surface area contributed by atoms with E-state index in [1.165, 1.54) is 24.3 Å². The summed E-state index contributed by atoms with van der Waals surface area (Å²) in [6, 6.07) is 14.8. The SMILES string of the molecule is COC(=O)N(CCNS(=O)(=O)c1cc(S(=O)(=O)c2ccccc2)ccc1C(F)(F)F)c1ccc(Br)cc1. The largest absolute Gasteiger partial charge is 0.452 e. The maximum Gasteiger partial charge on any atom is 0.417 e. The number of nitrogens with zero attached hydrogens (tertiary/aromatic N) is 1. The summed E-state index contributed by atoms with van der Waals surface area (Å²) in [5.74, 6) is 0. The Bertz CT molecular complexity index is 1480. The Morgan fingerprint density at radius 3 is 2.14 bits per heavy atom. The predicted molar refractivity (Wildman–Crippen MR) is 132 cm³/mol. The highest BCUT2D eigenvalue weighted by Gasteiger charge is 2.38. The number of halogens is 4. The fraction of sp³-hybridized carbons (Fsp3) is 0.174. The van der Waals surface area contributed by atoms with Crippen LogP contribution in [0.2, 0.25) is 0 Å². The summed E-state index contributed by atoms with van der Waals surface area (Å²) in [7, 11) is -8.06. The van der Waals surface area contributed by atoms with Crippen LogP contribution in [0, 0.1) is 0 Å². The molecule has 3 rings (SSSR count). The number of methoxy groups -OCH3 is 1. The monoisotopic (exact) mass is 620 g/mol. The lowest BCUT2D eigenvalue weighted by Gasteiger charge is -2.22. The van der Waals surface area contributed by atoms with Crippen LogP contribution in [0.15, 0.2) is 92.0 Å². The van der Waals surface area contributed by atoms with E-state index >= 15 is 0 Å². The summed E-state index contributed by atoms with van der Waals surface area (Å²) < 4.78 is 100. The van der Waals surface area contributed by atoms with Gasteiger partial charge in [-0.1, -0.05) is 34.1 Å². The minimum absolute atomic E-state index is 0.214. The van der Waals surface area contributed by atoms with Crippen molar-refractivity contribution >= 4 is 47.6 Å². The average molecular weight is 621 g/mol. The highest BCUT2D eigenvalue weighted by molar-refractivity contribution is 9.10. The van der Waals surface area contributed by atoms with Gasteiger partial charge in [0, 0.05) is 23.2 Å². The highest BCUT2D eigenvalue weighted by Crippen LogP contribution is 2.36. The molecule has 0 atom stereocenters. The molecular formula is C23H20BrF3N2O6S2. The molecule has 3 aromatic carbocycles. The number of carbonyl (C=O) groups excluding carboxylic acids is 1. The van der Waals surface area contributed by atoms with E-state index in [9.17, 15) is 34.8 Å². The molecule has 0 unspecified atom stereocenters. The van der Waals surface area contributed by atoms with Gasteiger partial charge in [0.05, 0.1) is 27.4 Å². The molecule has 198 valence electrons. The lowest BCUT2D eigenvalue weighted by atomic mass is 10.2. The van der Waals surface area contributed by atoms with Gasteiger partial charge in [0.15, 0.2) is 0 Å². The first-order valence-electron chi connectivity index (χ1n) is 10.4. The standard InChI is InChI=1S/C23H20BrF3N2O6S2/c1-35-22(30)29(17-9-7-16(24)8-10-17)14-13-28-37(33,34)21-15-19(11-12-20(21)23(25,26)27)36(31,32)18-5-3-2-4-6-18/h2-12,15,28H,13-14H2,1H3. The fourth-order valence-electron chi connectivity index (χ4n) is 3.29. The van der Waals surface area contributed by atoms with Crippen molar-refractivity contribution in [1.82, 2.24) is 4.72 Å². The fourth-order valence-corrected chi connectivity index (χ4v) is 6.21. The number of anilines is 1. The number of benzene rings is 3. The smallest absolute Gasteiger partial charge is 0.417 e. The van der Waals surface area contributed by atoms with Crippen molar-refractivity contribution in [2.24, 2.45) is 0 Å². The van der Waals surface area contributed by atoms with Crippen LogP contribution in [0.5, 0.6) is 0 Å². The summed E-state index contributed by atoms with van der Waals surface area (Å²) in [6.45, 7) is -0.794. The molecule has 0 aliphatic heterocycles. The van der Waals surface area contributed by atoms with E-state index in [-0.39, 0.29) is 11.4 Å². The zero-order chi connectivity index (χ0) is 27.4. The van der Waals surface area contributed by atoms with Crippen LogP contribution in [0.1, 0.15) is 5.56 Å². The number of sulfone groups is 1. The molecule has 0 saturated heterocycles. The van der Waals surface area contributed by atoms with Gasteiger partial charge in [0.25, 0.3) is 0 Å². The lowest BCUT2D eigenvalue weighted by molar-refractivity contribution is -0.139. The number of nitrogens with one attached hydrogen (secondary N) is 1. The van der Waals surface area contributed by atoms with Gasteiger partial charge in [-0.05, 0) is 54.6 Å². The van der Waals surface area contributed by atoms with Gasteiger partial charge in [-0.2, -0.15) is 13.2 Å². The first-order valence-corrected chi connectivity index (χ1v) is 14.2. The van der Waals surface area contributed by atoms with E-state index in [1.54, 1.807) is 30.3 Å². The number of amides is 1. The van der Waals surface area contributed by atoms with Crippen molar-refractivity contribution in [3.63, 3.8) is 0 Å². The second kappa shape index (κ2) is 11.2. The van der Waals surface area contributed by atoms with Crippen molar-refractivity contribution in [1.29, 1.82) is 0 Å². The molecule has 0 bridgehead atoms. The number of alkyl halides is 3. The molecule has 0 aromatic heterocycles. The highest BCUT2D eigenvalue weighted by atomic mass is 79.9. The summed E-state index contributed by atoms with van der Waals surface area (Å²) in [5.41, 5.74) is -1.19. The minimum Gasteiger partial charge on any atom is -0.452 e. The summed E-state index contributed by atoms with van der Waals surface area (Å²) in [4.78, 5) is 11.2. The molecule has 3 aromatic rings. The van der Waals surface area contributed by atoms with E-state index in [2.05, 4.69) is 15.9 Å². The van der Waals surface area contributed by atoms with Crippen molar-refractivity contribution in [3.05, 3.63) is 82.8 Å². The Morgan fingerprint density at radius 1 is 0.946 bits per heavy atom. The third-order valence-corrected chi connectivity index (χ3v) is 8.87. The molecule has 0 saturated carbocycles. The Labute approximate surface area is 220 Å². The molecule has 0 aliphatic carbocycles. The maximum atomic E-state index is 13.7. The van der Waals surface area contributed by atoms with Gasteiger partial charge in [-0.3, -0.25) is 4.90 Å². The number of ether oxygens (including phenoxy) is 1. The molecule has 0 radical (unpaired) electrons. The quantitative estimate of drug-likeness (QED) is 0.385. The van der Waals surface area contributed by atoms with Gasteiger partial charge in [0.2, 0.25) is 19.9 Å². The third kappa shape index (κ3) is 6.69. The number of rotatable bonds is 8. The van der Waals surface area contributed by atoms with Gasteiger partial charge >= 0.3 is 12.3 Å². The number of hydrogen-bond donors (Lipinski definition) is 1. The van der Waals surface area contributed by atoms with Crippen molar-refractivity contribution in [3.8, 4) is 0 Å². The maximum absolute atomic E-state index is 13.7. The van der Waals surface area contributed by atoms with Crippen LogP contribution in [0.4, 0.5) is 23.7 Å². The van der Waals surface area contributed by atoms with Crippen LogP contribution >= 0.6 is 15.9 Å². The molecule has 0 aliphatic rings. The van der Waals surface area contributed by atoms with E-state index in [0.29, 0.717) is 28.4 Å². The lowest BCUT2D eigenvalue weighted by Crippen LogP contribution is -2.39. The van der Waals surface area contributed by atoms with Gasteiger partial charge in [0.1, 0.15) is 0 Å². The molecule has 0 spiro atoms. The third-order valence-electron chi connectivity index (χ3n) is 5.07. The Hall–Kier alpha value is -2.94. The molecule has 1 amide bonds. The Morgan fingerprint density at radius 2 is 1.57 bits per heavy atom. The average Bonchev–Trinajstić information content (AvgIpc) is 2.86. The summed E-state index contributed by atoms with van der Waals surface area (Å²) in [6.07, 6.45) is -5.91. The Balaban J connectivity index is 1.94. The summed E-state index contributed by atoms with van der Waals surface area (Å²) >= 11 is 3.25. The van der Waals surface area contributed by atoms with Gasteiger partial charge < -0.3 is 4.74 Å². The van der Waals surface area contributed by atoms with Crippen LogP contribution in [0.25, 0.3) is 0 Å². The van der Waals surface area contributed by atoms with Crippen LogP contribution in [-0.2, 0) is 30.8 Å². The number of sulfonamides is 1. The van der Waals surface area contributed by atoms with Crippen molar-refractivity contribution in [2.45, 2.75) is 20.9 Å². The molecular weight excluding hydrogens is 601 g/mol. The van der Waals surface area contributed by atoms with Crippen LogP contribution in [0.3, 0.4) is 0 Å². The van der Waals surface area contributed by atoms with Crippen molar-refractivity contribution < 1.29 is 39.5 Å². The van der Waals surface area contributed by atoms with E-state index in [0.717, 1.165) is 12.0 Å².